The molecular formula is C16H27N3O5S. The zero-order chi connectivity index (χ0) is 18.2. The van der Waals surface area contributed by atoms with Gasteiger partial charge in [-0.15, -0.1) is 0 Å². The van der Waals surface area contributed by atoms with Gasteiger partial charge < -0.3 is 14.9 Å². The largest absolute Gasteiger partial charge is 0.481 e. The number of carboxylic acids is 1. The zero-order valence-corrected chi connectivity index (χ0v) is 15.5. The van der Waals surface area contributed by atoms with Gasteiger partial charge in [-0.3, -0.25) is 4.79 Å². The minimum Gasteiger partial charge on any atom is -0.481 e. The van der Waals surface area contributed by atoms with E-state index in [0.29, 0.717) is 58.5 Å². The topological polar surface area (TPSA) is 98.2 Å². The van der Waals surface area contributed by atoms with Gasteiger partial charge in [0.1, 0.15) is 0 Å². The highest BCUT2D eigenvalue weighted by Gasteiger charge is 2.55. The van der Waals surface area contributed by atoms with Crippen LogP contribution >= 0.6 is 0 Å². The van der Waals surface area contributed by atoms with E-state index < -0.39 is 20.7 Å². The summed E-state index contributed by atoms with van der Waals surface area (Å²) in [4.78, 5) is 27.0. The first-order valence-corrected chi connectivity index (χ1v) is 10.5. The Kier molecular flexibility index (Phi) is 4.98. The normalized spacial score (nSPS) is 25.0. The smallest absolute Gasteiger partial charge is 0.320 e. The summed E-state index contributed by atoms with van der Waals surface area (Å²) in [6.07, 6.45) is 3.09. The first kappa shape index (κ1) is 18.4. The summed E-state index contributed by atoms with van der Waals surface area (Å²) < 4.78 is 26.5. The number of carboxylic acid groups (broad SMARTS) is 1. The van der Waals surface area contributed by atoms with Crippen LogP contribution in [0.2, 0.25) is 0 Å². The van der Waals surface area contributed by atoms with E-state index in [2.05, 4.69) is 0 Å². The van der Waals surface area contributed by atoms with Crippen molar-refractivity contribution in [2.45, 2.75) is 43.8 Å². The molecule has 2 amide bonds. The van der Waals surface area contributed by atoms with E-state index in [9.17, 15) is 18.0 Å². The van der Waals surface area contributed by atoms with E-state index in [1.807, 2.05) is 6.92 Å². The summed E-state index contributed by atoms with van der Waals surface area (Å²) in [5.74, 6) is -1.16. The van der Waals surface area contributed by atoms with Gasteiger partial charge >= 0.3 is 12.0 Å². The van der Waals surface area contributed by atoms with Gasteiger partial charge in [0.25, 0.3) is 0 Å². The van der Waals surface area contributed by atoms with Crippen LogP contribution in [0.3, 0.4) is 0 Å². The van der Waals surface area contributed by atoms with E-state index in [1.165, 1.54) is 0 Å². The van der Waals surface area contributed by atoms with Crippen molar-refractivity contribution in [1.82, 2.24) is 14.1 Å². The summed E-state index contributed by atoms with van der Waals surface area (Å²) in [5, 5.41) is 9.03. The number of urea groups is 1. The number of carbonyl (C=O) groups is 2. The number of rotatable bonds is 4. The predicted molar refractivity (Wildman–Crippen MR) is 91.7 cm³/mol. The maximum atomic E-state index is 12.7. The molecule has 2 aliphatic heterocycles. The molecule has 0 atom stereocenters. The Morgan fingerprint density at radius 3 is 1.96 bits per heavy atom. The highest BCUT2D eigenvalue weighted by Crippen LogP contribution is 2.47. The van der Waals surface area contributed by atoms with Crippen LogP contribution in [0.25, 0.3) is 0 Å². The van der Waals surface area contributed by atoms with Crippen molar-refractivity contribution < 1.29 is 23.1 Å². The number of hydrogen-bond acceptors (Lipinski definition) is 4. The molecule has 3 rings (SSSR count). The third kappa shape index (κ3) is 3.36. The van der Waals surface area contributed by atoms with E-state index in [1.54, 1.807) is 14.1 Å². The molecule has 0 radical (unpaired) electrons. The predicted octanol–water partition coefficient (Wildman–Crippen LogP) is 0.793. The van der Waals surface area contributed by atoms with Gasteiger partial charge in [-0.1, -0.05) is 6.92 Å². The average molecular weight is 373 g/mol. The number of nitrogens with zero attached hydrogens (tertiary/aromatic N) is 3. The third-order valence-corrected chi connectivity index (χ3v) is 8.80. The number of sulfonamides is 1. The molecule has 0 spiro atoms. The Balaban J connectivity index is 1.53. The molecule has 0 aromatic heterocycles. The molecule has 1 N–H and O–H groups in total. The lowest BCUT2D eigenvalue weighted by Gasteiger charge is -2.39. The number of likely N-dealkylation sites (tertiary alicyclic amines) is 1. The summed E-state index contributed by atoms with van der Waals surface area (Å²) >= 11 is 0. The third-order valence-electron chi connectivity index (χ3n) is 5.96. The van der Waals surface area contributed by atoms with Crippen molar-refractivity contribution in [2.24, 2.45) is 5.92 Å². The van der Waals surface area contributed by atoms with Crippen LogP contribution in [-0.4, -0.2) is 83.6 Å². The van der Waals surface area contributed by atoms with Gasteiger partial charge in [-0.05, 0) is 32.1 Å². The Hall–Kier alpha value is -1.35. The minimum absolute atomic E-state index is 0.0995. The molecule has 0 aromatic carbocycles. The second kappa shape index (κ2) is 6.75. The first-order valence-electron chi connectivity index (χ1n) is 9.07. The van der Waals surface area contributed by atoms with E-state index >= 15 is 0 Å². The summed E-state index contributed by atoms with van der Waals surface area (Å²) in [5.41, 5.74) is 0. The molecule has 2 saturated heterocycles. The Labute approximate surface area is 148 Å². The van der Waals surface area contributed by atoms with Crippen LogP contribution in [0.15, 0.2) is 0 Å². The number of aliphatic carboxylic acids is 1. The molecular weight excluding hydrogens is 346 g/mol. The fraction of sp³-hybridized carbons (Fsp3) is 0.875. The highest BCUT2D eigenvalue weighted by molar-refractivity contribution is 7.90. The van der Waals surface area contributed by atoms with Crippen LogP contribution < -0.4 is 0 Å². The second-order valence-corrected chi connectivity index (χ2v) is 9.64. The lowest BCUT2D eigenvalue weighted by Crippen LogP contribution is -2.56. The molecule has 142 valence electrons. The number of piperazine rings is 1. The van der Waals surface area contributed by atoms with Crippen LogP contribution in [-0.2, 0) is 14.8 Å². The molecule has 0 unspecified atom stereocenters. The summed E-state index contributed by atoms with van der Waals surface area (Å²) in [6, 6.07) is -0.0995. The maximum Gasteiger partial charge on any atom is 0.320 e. The molecule has 0 aromatic rings. The van der Waals surface area contributed by atoms with Crippen molar-refractivity contribution in [1.29, 1.82) is 0 Å². The van der Waals surface area contributed by atoms with Crippen molar-refractivity contribution in [3.8, 4) is 0 Å². The molecule has 25 heavy (non-hydrogen) atoms. The highest BCUT2D eigenvalue weighted by atomic mass is 32.2. The molecule has 8 nitrogen and oxygen atoms in total. The van der Waals surface area contributed by atoms with Gasteiger partial charge in [0.15, 0.2) is 0 Å². The standard InChI is InChI=1S/C16H27N3O5S/c1-2-16(5-6-16)25(23,24)19-11-9-18(10-12-19)15(22)17-7-3-13(4-8-17)14(20)21/h13H,2-12H2,1H3,(H,20,21). The zero-order valence-electron chi connectivity index (χ0n) is 14.7. The lowest BCUT2D eigenvalue weighted by atomic mass is 9.97. The SMILES string of the molecule is CCC1(S(=O)(=O)N2CCN(C(=O)N3CCC(C(=O)O)CC3)CC2)CC1. The molecule has 3 fully saturated rings. The van der Waals surface area contributed by atoms with Gasteiger partial charge in [-0.2, -0.15) is 4.31 Å². The Morgan fingerprint density at radius 1 is 1.00 bits per heavy atom. The van der Waals surface area contributed by atoms with Crippen LogP contribution in [0.4, 0.5) is 4.79 Å². The van der Waals surface area contributed by atoms with Crippen LogP contribution in [0, 0.1) is 5.92 Å². The molecule has 0 bridgehead atoms. The van der Waals surface area contributed by atoms with Gasteiger partial charge in [0.2, 0.25) is 10.0 Å². The Morgan fingerprint density at radius 2 is 1.52 bits per heavy atom. The number of piperidine rings is 1. The monoisotopic (exact) mass is 373 g/mol. The minimum atomic E-state index is -3.27. The quantitative estimate of drug-likeness (QED) is 0.786. The van der Waals surface area contributed by atoms with E-state index in [0.717, 1.165) is 12.8 Å². The van der Waals surface area contributed by atoms with Gasteiger partial charge in [0.05, 0.1) is 10.7 Å². The van der Waals surface area contributed by atoms with Gasteiger partial charge in [-0.25, -0.2) is 13.2 Å². The summed E-state index contributed by atoms with van der Waals surface area (Å²) in [7, 11) is -3.27. The molecule has 9 heteroatoms. The molecule has 2 heterocycles. The molecule has 3 aliphatic rings. The van der Waals surface area contributed by atoms with Crippen molar-refractivity contribution in [2.75, 3.05) is 39.3 Å². The lowest BCUT2D eigenvalue weighted by molar-refractivity contribution is -0.143. The van der Waals surface area contributed by atoms with Crippen molar-refractivity contribution in [3.05, 3.63) is 0 Å². The van der Waals surface area contributed by atoms with Crippen molar-refractivity contribution >= 4 is 22.0 Å². The van der Waals surface area contributed by atoms with Crippen LogP contribution in [0.1, 0.15) is 39.0 Å². The van der Waals surface area contributed by atoms with E-state index in [-0.39, 0.29) is 11.9 Å². The molecule has 1 aliphatic carbocycles. The maximum absolute atomic E-state index is 12.7. The second-order valence-electron chi connectivity index (χ2n) is 7.31. The number of amides is 2. The average Bonchev–Trinajstić information content (AvgIpc) is 3.43. The summed E-state index contributed by atoms with van der Waals surface area (Å²) in [6.45, 7) is 4.32. The molecule has 1 saturated carbocycles. The fourth-order valence-corrected chi connectivity index (χ4v) is 6.02. The van der Waals surface area contributed by atoms with E-state index in [4.69, 9.17) is 5.11 Å². The number of carbonyl (C=O) groups excluding carboxylic acids is 1. The Bertz CT molecular complexity index is 630. The fourth-order valence-electron chi connectivity index (χ4n) is 3.84. The van der Waals surface area contributed by atoms with Crippen molar-refractivity contribution in [3.63, 3.8) is 0 Å². The first-order chi connectivity index (χ1) is 11.8. The van der Waals surface area contributed by atoms with Crippen LogP contribution in [0.5, 0.6) is 0 Å². The van der Waals surface area contributed by atoms with Gasteiger partial charge in [0, 0.05) is 39.3 Å². The number of hydrogen-bond donors (Lipinski definition) is 1.